The normalized spacial score (nSPS) is 24.5. The fourth-order valence-electron chi connectivity index (χ4n) is 3.23. The zero-order valence-electron chi connectivity index (χ0n) is 12.6. The minimum absolute atomic E-state index is 0.0269. The van der Waals surface area contributed by atoms with Gasteiger partial charge in [0.15, 0.2) is 5.12 Å². The Hall–Kier alpha value is -1.62. The summed E-state index contributed by atoms with van der Waals surface area (Å²) in [5.74, 6) is -0.331. The minimum atomic E-state index is -0.165. The fourth-order valence-corrected chi connectivity index (χ4v) is 4.28. The van der Waals surface area contributed by atoms with E-state index < -0.39 is 0 Å². The number of carbonyl (C=O) groups excluding carboxylic acids is 3. The molecule has 0 atom stereocenters. The number of rotatable bonds is 3. The van der Waals surface area contributed by atoms with Gasteiger partial charge in [-0.25, -0.2) is 0 Å². The van der Waals surface area contributed by atoms with Crippen molar-refractivity contribution in [2.75, 3.05) is 0 Å². The van der Waals surface area contributed by atoms with Crippen molar-refractivity contribution in [1.82, 2.24) is 4.90 Å². The summed E-state index contributed by atoms with van der Waals surface area (Å²) in [6.07, 6.45) is 3.91. The molecule has 116 valence electrons. The molecule has 1 fully saturated rings. The zero-order chi connectivity index (χ0) is 15.7. The summed E-state index contributed by atoms with van der Waals surface area (Å²) in [4.78, 5) is 37.9. The second-order valence-electron chi connectivity index (χ2n) is 5.80. The lowest BCUT2D eigenvalue weighted by Crippen LogP contribution is -2.42. The molecular formula is C17H19NO3S. The molecular weight excluding hydrogens is 298 g/mol. The largest absolute Gasteiger partial charge is 0.287 e. The highest BCUT2D eigenvalue weighted by Crippen LogP contribution is 2.35. The Kier molecular flexibility index (Phi) is 4.34. The standard InChI is InChI=1S/C17H19NO3S/c1-2-15(19)22-12-9-7-11(8-10-12)18-16(20)13-5-3-4-6-14(13)17(18)21/h3-6,11-12H,2,7-10H2,1H3. The summed E-state index contributed by atoms with van der Waals surface area (Å²) in [5, 5.41) is 0.558. The first-order valence-corrected chi connectivity index (χ1v) is 8.66. The maximum atomic E-state index is 12.5. The van der Waals surface area contributed by atoms with Gasteiger partial charge < -0.3 is 0 Å². The SMILES string of the molecule is CCC(=O)SC1CCC(N2C(=O)c3ccccc3C2=O)CC1. The molecule has 2 amide bonds. The van der Waals surface area contributed by atoms with E-state index in [1.807, 2.05) is 6.92 Å². The molecule has 3 rings (SSSR count). The first kappa shape index (κ1) is 15.3. The van der Waals surface area contributed by atoms with Crippen LogP contribution < -0.4 is 0 Å². The van der Waals surface area contributed by atoms with Gasteiger partial charge in [0, 0.05) is 17.7 Å². The molecule has 0 aromatic heterocycles. The molecule has 0 N–H and O–H groups in total. The molecule has 0 bridgehead atoms. The number of amides is 2. The van der Waals surface area contributed by atoms with Crippen LogP contribution in [0.3, 0.4) is 0 Å². The lowest BCUT2D eigenvalue weighted by molar-refractivity contribution is -0.110. The Labute approximate surface area is 134 Å². The van der Waals surface area contributed by atoms with E-state index in [0.717, 1.165) is 25.7 Å². The van der Waals surface area contributed by atoms with Crippen LogP contribution in [0.5, 0.6) is 0 Å². The summed E-state index contributed by atoms with van der Waals surface area (Å²) in [5.41, 5.74) is 1.04. The van der Waals surface area contributed by atoms with Crippen LogP contribution in [0, 0.1) is 0 Å². The van der Waals surface area contributed by atoms with Gasteiger partial charge >= 0.3 is 0 Å². The monoisotopic (exact) mass is 317 g/mol. The lowest BCUT2D eigenvalue weighted by atomic mass is 9.94. The first-order valence-electron chi connectivity index (χ1n) is 7.78. The van der Waals surface area contributed by atoms with E-state index in [9.17, 15) is 14.4 Å². The molecule has 1 aromatic carbocycles. The number of thioether (sulfide) groups is 1. The second-order valence-corrected chi connectivity index (χ2v) is 7.16. The van der Waals surface area contributed by atoms with Gasteiger partial charge in [0.1, 0.15) is 0 Å². The van der Waals surface area contributed by atoms with Gasteiger partial charge in [0.05, 0.1) is 11.1 Å². The number of nitrogens with zero attached hydrogens (tertiary/aromatic N) is 1. The maximum absolute atomic E-state index is 12.5. The molecule has 22 heavy (non-hydrogen) atoms. The van der Waals surface area contributed by atoms with E-state index in [0.29, 0.717) is 22.8 Å². The predicted molar refractivity (Wildman–Crippen MR) is 85.9 cm³/mol. The van der Waals surface area contributed by atoms with E-state index in [-0.39, 0.29) is 23.0 Å². The van der Waals surface area contributed by atoms with Crippen molar-refractivity contribution in [1.29, 1.82) is 0 Å². The third-order valence-corrected chi connectivity index (χ3v) is 5.78. The average Bonchev–Trinajstić information content (AvgIpc) is 2.80. The van der Waals surface area contributed by atoms with E-state index in [4.69, 9.17) is 0 Å². The average molecular weight is 317 g/mol. The molecule has 1 aliphatic heterocycles. The van der Waals surface area contributed by atoms with Crippen LogP contribution in [0.1, 0.15) is 59.7 Å². The van der Waals surface area contributed by atoms with Crippen LogP contribution >= 0.6 is 11.8 Å². The van der Waals surface area contributed by atoms with Gasteiger partial charge in [0.25, 0.3) is 11.8 Å². The topological polar surface area (TPSA) is 54.5 Å². The van der Waals surface area contributed by atoms with Gasteiger partial charge in [-0.15, -0.1) is 0 Å². The molecule has 2 aliphatic rings. The number of imide groups is 1. The van der Waals surface area contributed by atoms with Crippen LogP contribution in [-0.4, -0.2) is 33.1 Å². The van der Waals surface area contributed by atoms with E-state index in [1.54, 1.807) is 24.3 Å². The molecule has 0 unspecified atom stereocenters. The van der Waals surface area contributed by atoms with Crippen LogP contribution in [0.2, 0.25) is 0 Å². The Morgan fingerprint density at radius 2 is 1.64 bits per heavy atom. The highest BCUT2D eigenvalue weighted by Gasteiger charge is 2.40. The Morgan fingerprint density at radius 3 is 2.14 bits per heavy atom. The lowest BCUT2D eigenvalue weighted by Gasteiger charge is -2.32. The van der Waals surface area contributed by atoms with Gasteiger partial charge in [-0.05, 0) is 37.8 Å². The van der Waals surface area contributed by atoms with Gasteiger partial charge in [-0.2, -0.15) is 0 Å². The van der Waals surface area contributed by atoms with Crippen LogP contribution in [-0.2, 0) is 4.79 Å². The minimum Gasteiger partial charge on any atom is -0.287 e. The fraction of sp³-hybridized carbons (Fsp3) is 0.471. The molecule has 1 aliphatic carbocycles. The van der Waals surface area contributed by atoms with Crippen molar-refractivity contribution in [3.8, 4) is 0 Å². The predicted octanol–water partition coefficient (Wildman–Crippen LogP) is 3.26. The molecule has 1 saturated carbocycles. The quantitative estimate of drug-likeness (QED) is 0.803. The van der Waals surface area contributed by atoms with Crippen molar-refractivity contribution in [3.63, 3.8) is 0 Å². The molecule has 1 heterocycles. The third-order valence-electron chi connectivity index (χ3n) is 4.42. The summed E-state index contributed by atoms with van der Waals surface area (Å²) in [7, 11) is 0. The Bertz CT molecular complexity index is 585. The third kappa shape index (κ3) is 2.70. The number of hydrogen-bond donors (Lipinski definition) is 0. The summed E-state index contributed by atoms with van der Waals surface area (Å²) >= 11 is 1.43. The maximum Gasteiger partial charge on any atom is 0.261 e. The first-order chi connectivity index (χ1) is 10.6. The molecule has 0 spiro atoms. The van der Waals surface area contributed by atoms with Crippen molar-refractivity contribution in [2.24, 2.45) is 0 Å². The Balaban J connectivity index is 1.67. The molecule has 1 aromatic rings. The molecule has 0 saturated heterocycles. The smallest absolute Gasteiger partial charge is 0.261 e. The van der Waals surface area contributed by atoms with Gasteiger partial charge in [0.2, 0.25) is 0 Å². The number of benzene rings is 1. The van der Waals surface area contributed by atoms with Crippen LogP contribution in [0.4, 0.5) is 0 Å². The zero-order valence-corrected chi connectivity index (χ0v) is 13.4. The van der Waals surface area contributed by atoms with Crippen LogP contribution in [0.15, 0.2) is 24.3 Å². The summed E-state index contributed by atoms with van der Waals surface area (Å²) < 4.78 is 0. The number of hydrogen-bond acceptors (Lipinski definition) is 4. The van der Waals surface area contributed by atoms with Gasteiger partial charge in [-0.3, -0.25) is 19.3 Å². The Morgan fingerprint density at radius 1 is 1.09 bits per heavy atom. The van der Waals surface area contributed by atoms with Gasteiger partial charge in [-0.1, -0.05) is 30.8 Å². The van der Waals surface area contributed by atoms with Crippen molar-refractivity contribution >= 4 is 28.7 Å². The molecule has 4 nitrogen and oxygen atoms in total. The van der Waals surface area contributed by atoms with E-state index in [2.05, 4.69) is 0 Å². The summed E-state index contributed by atoms with van der Waals surface area (Å²) in [6, 6.07) is 6.99. The second kappa shape index (κ2) is 6.24. The van der Waals surface area contributed by atoms with Crippen LogP contribution in [0.25, 0.3) is 0 Å². The highest BCUT2D eigenvalue weighted by molar-refractivity contribution is 8.14. The highest BCUT2D eigenvalue weighted by atomic mass is 32.2. The molecule has 5 heteroatoms. The van der Waals surface area contributed by atoms with Crippen molar-refractivity contribution < 1.29 is 14.4 Å². The summed E-state index contributed by atoms with van der Waals surface area (Å²) in [6.45, 7) is 1.87. The molecule has 0 radical (unpaired) electrons. The number of carbonyl (C=O) groups is 3. The van der Waals surface area contributed by atoms with Crippen molar-refractivity contribution in [3.05, 3.63) is 35.4 Å². The van der Waals surface area contributed by atoms with E-state index >= 15 is 0 Å². The van der Waals surface area contributed by atoms with E-state index in [1.165, 1.54) is 16.7 Å². The van der Waals surface area contributed by atoms with Crippen molar-refractivity contribution in [2.45, 2.75) is 50.3 Å². The number of fused-ring (bicyclic) bond motifs is 1.